The van der Waals surface area contributed by atoms with Crippen LogP contribution in [0.5, 0.6) is 0 Å². The maximum Gasteiger partial charge on any atom is 0.246 e. The molecule has 0 bridgehead atoms. The van der Waals surface area contributed by atoms with Gasteiger partial charge >= 0.3 is 0 Å². The third-order valence-corrected chi connectivity index (χ3v) is 5.41. The standard InChI is InChI=1S/C18H24N6O5/c1-23-14(25)5-10(6-15(23)26)17(28)22-12(7-11-8-20-9-21-11)18(29)24-4-2-3-13(24)16(19)27/h8-10,12-13H,2-7H2,1H3,(H2,19,27)(H,20,21)(H,22,28)/t12-,13-/m0/s1. The average molecular weight is 404 g/mol. The van der Waals surface area contributed by atoms with E-state index in [-0.39, 0.29) is 19.3 Å². The van der Waals surface area contributed by atoms with Crippen molar-refractivity contribution in [2.75, 3.05) is 13.6 Å². The number of carbonyl (C=O) groups excluding carboxylic acids is 5. The molecule has 2 fully saturated rings. The molecule has 0 radical (unpaired) electrons. The molecule has 156 valence electrons. The number of hydrogen-bond donors (Lipinski definition) is 3. The average Bonchev–Trinajstić information content (AvgIpc) is 3.36. The molecule has 3 heterocycles. The zero-order valence-electron chi connectivity index (χ0n) is 16.1. The highest BCUT2D eigenvalue weighted by Crippen LogP contribution is 2.21. The largest absolute Gasteiger partial charge is 0.368 e. The minimum atomic E-state index is -0.990. The summed E-state index contributed by atoms with van der Waals surface area (Å²) in [6, 6.07) is -1.71. The topological polar surface area (TPSA) is 159 Å². The lowest BCUT2D eigenvalue weighted by Gasteiger charge is -2.30. The monoisotopic (exact) mass is 404 g/mol. The normalized spacial score (nSPS) is 21.3. The lowest BCUT2D eigenvalue weighted by molar-refractivity contribution is -0.152. The minimum absolute atomic E-state index is 0.102. The van der Waals surface area contributed by atoms with Gasteiger partial charge in [-0.2, -0.15) is 0 Å². The van der Waals surface area contributed by atoms with E-state index in [0.717, 1.165) is 4.90 Å². The van der Waals surface area contributed by atoms with Crippen LogP contribution in [0, 0.1) is 5.92 Å². The summed E-state index contributed by atoms with van der Waals surface area (Å²) in [5, 5.41) is 2.66. The molecule has 11 nitrogen and oxygen atoms in total. The molecule has 1 aromatic heterocycles. The highest BCUT2D eigenvalue weighted by Gasteiger charge is 2.39. The molecule has 4 N–H and O–H groups in total. The Labute approximate surface area is 167 Å². The van der Waals surface area contributed by atoms with Crippen LogP contribution in [0.1, 0.15) is 31.4 Å². The third-order valence-electron chi connectivity index (χ3n) is 5.41. The van der Waals surface area contributed by atoms with Crippen molar-refractivity contribution < 1.29 is 24.0 Å². The molecule has 2 atom stereocenters. The van der Waals surface area contributed by atoms with Crippen LogP contribution in [0.4, 0.5) is 0 Å². The van der Waals surface area contributed by atoms with Crippen LogP contribution in [0.15, 0.2) is 12.5 Å². The number of nitrogens with zero attached hydrogens (tertiary/aromatic N) is 3. The van der Waals surface area contributed by atoms with Gasteiger partial charge in [0.05, 0.1) is 17.9 Å². The van der Waals surface area contributed by atoms with Gasteiger partial charge in [-0.3, -0.25) is 28.9 Å². The second kappa shape index (κ2) is 8.41. The number of amides is 5. The molecule has 3 rings (SSSR count). The molecule has 0 saturated carbocycles. The number of hydrogen-bond acceptors (Lipinski definition) is 6. The molecule has 5 amide bonds. The SMILES string of the molecule is CN1C(=O)CC(C(=O)N[C@@H](Cc2c[nH]cn2)C(=O)N2CCC[C@H]2C(N)=O)CC1=O. The number of carbonyl (C=O) groups is 5. The van der Waals surface area contributed by atoms with Crippen molar-refractivity contribution in [2.45, 2.75) is 44.2 Å². The maximum absolute atomic E-state index is 13.1. The Bertz CT molecular complexity index is 805. The van der Waals surface area contributed by atoms with Crippen LogP contribution in [-0.4, -0.2) is 75.0 Å². The fraction of sp³-hybridized carbons (Fsp3) is 0.556. The van der Waals surface area contributed by atoms with Gasteiger partial charge in [-0.15, -0.1) is 0 Å². The van der Waals surface area contributed by atoms with Gasteiger partial charge < -0.3 is 20.9 Å². The van der Waals surface area contributed by atoms with Gasteiger partial charge in [0.1, 0.15) is 12.1 Å². The lowest BCUT2D eigenvalue weighted by Crippen LogP contribution is -2.55. The van der Waals surface area contributed by atoms with Gasteiger partial charge in [0.15, 0.2) is 0 Å². The van der Waals surface area contributed by atoms with E-state index in [1.165, 1.54) is 18.3 Å². The molecule has 2 aliphatic rings. The minimum Gasteiger partial charge on any atom is -0.368 e. The number of piperidine rings is 1. The Morgan fingerprint density at radius 1 is 1.31 bits per heavy atom. The Morgan fingerprint density at radius 3 is 2.59 bits per heavy atom. The van der Waals surface area contributed by atoms with Crippen LogP contribution in [-0.2, 0) is 30.4 Å². The highest BCUT2D eigenvalue weighted by molar-refractivity contribution is 6.02. The maximum atomic E-state index is 13.1. The number of imidazole rings is 1. The summed E-state index contributed by atoms with van der Waals surface area (Å²) >= 11 is 0. The van der Waals surface area contributed by atoms with Crippen molar-refractivity contribution in [1.82, 2.24) is 25.1 Å². The van der Waals surface area contributed by atoms with Crippen molar-refractivity contribution in [3.63, 3.8) is 0 Å². The number of rotatable bonds is 6. The number of primary amides is 1. The van der Waals surface area contributed by atoms with E-state index in [2.05, 4.69) is 15.3 Å². The number of aromatic amines is 1. The molecule has 0 unspecified atom stereocenters. The molecule has 1 aromatic rings. The smallest absolute Gasteiger partial charge is 0.246 e. The van der Waals surface area contributed by atoms with Crippen LogP contribution in [0.3, 0.4) is 0 Å². The fourth-order valence-corrected chi connectivity index (χ4v) is 3.72. The van der Waals surface area contributed by atoms with Gasteiger partial charge in [0, 0.05) is 39.1 Å². The van der Waals surface area contributed by atoms with Gasteiger partial charge in [-0.1, -0.05) is 0 Å². The summed E-state index contributed by atoms with van der Waals surface area (Å²) in [6.45, 7) is 0.366. The summed E-state index contributed by atoms with van der Waals surface area (Å²) in [7, 11) is 1.38. The molecule has 0 aliphatic carbocycles. The summed E-state index contributed by atoms with van der Waals surface area (Å²) in [5.74, 6) is -3.30. The first-order valence-electron chi connectivity index (χ1n) is 9.45. The van der Waals surface area contributed by atoms with E-state index >= 15 is 0 Å². The molecule has 2 aliphatic heterocycles. The summed E-state index contributed by atoms with van der Waals surface area (Å²) in [4.78, 5) is 70.6. The number of imide groups is 1. The van der Waals surface area contributed by atoms with E-state index in [9.17, 15) is 24.0 Å². The van der Waals surface area contributed by atoms with Crippen LogP contribution >= 0.6 is 0 Å². The van der Waals surface area contributed by atoms with E-state index in [1.54, 1.807) is 6.20 Å². The third kappa shape index (κ3) is 4.44. The van der Waals surface area contributed by atoms with Gasteiger partial charge in [0.25, 0.3) is 0 Å². The first-order valence-corrected chi connectivity index (χ1v) is 9.45. The zero-order chi connectivity index (χ0) is 21.1. The summed E-state index contributed by atoms with van der Waals surface area (Å²) < 4.78 is 0. The number of likely N-dealkylation sites (tertiary alicyclic amines) is 2. The van der Waals surface area contributed by atoms with Crippen molar-refractivity contribution in [1.29, 1.82) is 0 Å². The number of H-pyrrole nitrogens is 1. The zero-order valence-corrected chi connectivity index (χ0v) is 16.1. The van der Waals surface area contributed by atoms with Crippen molar-refractivity contribution in [3.8, 4) is 0 Å². The molecule has 11 heteroatoms. The van der Waals surface area contributed by atoms with Crippen molar-refractivity contribution in [2.24, 2.45) is 11.7 Å². The van der Waals surface area contributed by atoms with Crippen LogP contribution in [0.25, 0.3) is 0 Å². The molecule has 29 heavy (non-hydrogen) atoms. The van der Waals surface area contributed by atoms with E-state index in [4.69, 9.17) is 5.73 Å². The number of nitrogens with two attached hydrogens (primary N) is 1. The molecule has 0 spiro atoms. The second-order valence-corrected chi connectivity index (χ2v) is 7.37. The Balaban J connectivity index is 1.76. The van der Waals surface area contributed by atoms with Gasteiger partial charge in [-0.25, -0.2) is 4.98 Å². The van der Waals surface area contributed by atoms with Gasteiger partial charge in [0.2, 0.25) is 29.5 Å². The van der Waals surface area contributed by atoms with Gasteiger partial charge in [-0.05, 0) is 12.8 Å². The Morgan fingerprint density at radius 2 is 2.00 bits per heavy atom. The highest BCUT2D eigenvalue weighted by atomic mass is 16.2. The van der Waals surface area contributed by atoms with Crippen LogP contribution < -0.4 is 11.1 Å². The number of aromatic nitrogens is 2. The first kappa shape index (κ1) is 20.5. The summed E-state index contributed by atoms with van der Waals surface area (Å²) in [6.07, 6.45) is 4.06. The number of nitrogens with one attached hydrogen (secondary N) is 2. The summed E-state index contributed by atoms with van der Waals surface area (Å²) in [5.41, 5.74) is 5.96. The van der Waals surface area contributed by atoms with E-state index in [1.807, 2.05) is 0 Å². The first-order chi connectivity index (χ1) is 13.8. The molecule has 0 aromatic carbocycles. The molecule has 2 saturated heterocycles. The Kier molecular flexibility index (Phi) is 5.95. The molecular weight excluding hydrogens is 380 g/mol. The quantitative estimate of drug-likeness (QED) is 0.480. The fourth-order valence-electron chi connectivity index (χ4n) is 3.72. The predicted octanol–water partition coefficient (Wildman–Crippen LogP) is -1.69. The van der Waals surface area contributed by atoms with Crippen molar-refractivity contribution >= 4 is 29.5 Å². The second-order valence-electron chi connectivity index (χ2n) is 7.37. The van der Waals surface area contributed by atoms with E-state index in [0.29, 0.717) is 25.1 Å². The molecular formula is C18H24N6O5. The van der Waals surface area contributed by atoms with Crippen molar-refractivity contribution in [3.05, 3.63) is 18.2 Å². The van der Waals surface area contributed by atoms with Crippen LogP contribution in [0.2, 0.25) is 0 Å². The lowest BCUT2D eigenvalue weighted by atomic mass is 9.94. The van der Waals surface area contributed by atoms with E-state index < -0.39 is 47.5 Å². The Hall–Kier alpha value is -3.24. The predicted molar refractivity (Wildman–Crippen MR) is 98.7 cm³/mol.